The summed E-state index contributed by atoms with van der Waals surface area (Å²) in [6.07, 6.45) is 0.625. The number of nitrogens with one attached hydrogen (secondary N) is 2. The van der Waals surface area contributed by atoms with E-state index in [1.807, 2.05) is 6.07 Å². The molecule has 140 valence electrons. The van der Waals surface area contributed by atoms with Crippen molar-refractivity contribution in [1.29, 1.82) is 0 Å². The number of urea groups is 1. The Morgan fingerprint density at radius 1 is 0.962 bits per heavy atom. The third-order valence-corrected chi connectivity index (χ3v) is 4.34. The average Bonchev–Trinajstić information content (AvgIpc) is 2.63. The van der Waals surface area contributed by atoms with Gasteiger partial charge in [-0.15, -0.1) is 0 Å². The standard InChI is InChI=1S/C18H20Cl2N2O4/c1-24-15-9-12(10-16(25-2)17(15)26-3)22-18(23)21-7-6-11-4-5-13(19)14(20)8-11/h4-5,8-10H,6-7H2,1-3H3,(H2,21,22,23). The Kier molecular flexibility index (Phi) is 7.24. The van der Waals surface area contributed by atoms with Crippen molar-refractivity contribution >= 4 is 34.9 Å². The SMILES string of the molecule is COc1cc(NC(=O)NCCc2ccc(Cl)c(Cl)c2)cc(OC)c1OC. The molecule has 0 atom stereocenters. The van der Waals surface area contributed by atoms with Crippen LogP contribution in [0.2, 0.25) is 10.0 Å². The van der Waals surface area contributed by atoms with Crippen molar-refractivity contribution in [3.63, 3.8) is 0 Å². The zero-order valence-corrected chi connectivity index (χ0v) is 16.2. The first kappa shape index (κ1) is 20.0. The van der Waals surface area contributed by atoms with E-state index >= 15 is 0 Å². The highest BCUT2D eigenvalue weighted by molar-refractivity contribution is 6.42. The average molecular weight is 399 g/mol. The molecule has 0 aliphatic carbocycles. The predicted molar refractivity (Wildman–Crippen MR) is 103 cm³/mol. The highest BCUT2D eigenvalue weighted by Crippen LogP contribution is 2.39. The molecule has 2 amide bonds. The Balaban J connectivity index is 1.95. The number of hydrogen-bond donors (Lipinski definition) is 2. The third-order valence-electron chi connectivity index (χ3n) is 3.61. The maximum absolute atomic E-state index is 12.1. The fourth-order valence-corrected chi connectivity index (χ4v) is 2.66. The molecule has 0 saturated carbocycles. The first-order valence-corrected chi connectivity index (χ1v) is 8.52. The van der Waals surface area contributed by atoms with E-state index in [-0.39, 0.29) is 6.03 Å². The molecule has 0 radical (unpaired) electrons. The Labute approximate surface area is 162 Å². The fourth-order valence-electron chi connectivity index (χ4n) is 2.34. The summed E-state index contributed by atoms with van der Waals surface area (Å²) in [7, 11) is 4.54. The molecule has 2 aromatic carbocycles. The van der Waals surface area contributed by atoms with Gasteiger partial charge in [0, 0.05) is 18.7 Å². The topological polar surface area (TPSA) is 68.8 Å². The van der Waals surface area contributed by atoms with Crippen LogP contribution in [0.15, 0.2) is 30.3 Å². The largest absolute Gasteiger partial charge is 0.493 e. The molecule has 26 heavy (non-hydrogen) atoms. The second-order valence-electron chi connectivity index (χ2n) is 5.29. The van der Waals surface area contributed by atoms with Crippen LogP contribution in [0.1, 0.15) is 5.56 Å². The molecule has 2 rings (SSSR count). The van der Waals surface area contributed by atoms with Gasteiger partial charge in [-0.25, -0.2) is 4.79 Å². The number of methoxy groups -OCH3 is 3. The van der Waals surface area contributed by atoms with Gasteiger partial charge >= 0.3 is 6.03 Å². The minimum absolute atomic E-state index is 0.348. The number of hydrogen-bond acceptors (Lipinski definition) is 4. The van der Waals surface area contributed by atoms with Gasteiger partial charge in [0.05, 0.1) is 37.1 Å². The minimum Gasteiger partial charge on any atom is -0.493 e. The van der Waals surface area contributed by atoms with Gasteiger partial charge < -0.3 is 24.8 Å². The highest BCUT2D eigenvalue weighted by Gasteiger charge is 2.14. The van der Waals surface area contributed by atoms with Crippen molar-refractivity contribution in [1.82, 2.24) is 5.32 Å². The van der Waals surface area contributed by atoms with Gasteiger partial charge in [0.1, 0.15) is 0 Å². The molecule has 8 heteroatoms. The van der Waals surface area contributed by atoms with Crippen LogP contribution >= 0.6 is 23.2 Å². The molecule has 2 aromatic rings. The van der Waals surface area contributed by atoms with Gasteiger partial charge in [-0.1, -0.05) is 29.3 Å². The lowest BCUT2D eigenvalue weighted by Crippen LogP contribution is -2.30. The van der Waals surface area contributed by atoms with E-state index in [0.717, 1.165) is 5.56 Å². The Hall–Kier alpha value is -2.31. The number of halogens is 2. The molecular formula is C18H20Cl2N2O4. The number of amides is 2. The number of carbonyl (C=O) groups is 1. The van der Waals surface area contributed by atoms with Gasteiger partial charge in [0.2, 0.25) is 5.75 Å². The summed E-state index contributed by atoms with van der Waals surface area (Å²) in [6.45, 7) is 0.439. The second kappa shape index (κ2) is 9.40. The minimum atomic E-state index is -0.348. The molecule has 0 spiro atoms. The maximum atomic E-state index is 12.1. The fraction of sp³-hybridized carbons (Fsp3) is 0.278. The molecule has 0 unspecified atom stereocenters. The molecule has 6 nitrogen and oxygen atoms in total. The van der Waals surface area contributed by atoms with Crippen LogP contribution in [0, 0.1) is 0 Å². The molecule has 0 aliphatic heterocycles. The lowest BCUT2D eigenvalue weighted by Gasteiger charge is -2.15. The van der Waals surface area contributed by atoms with Crippen LogP contribution < -0.4 is 24.8 Å². The number of ether oxygens (including phenoxy) is 3. The van der Waals surface area contributed by atoms with E-state index in [1.54, 1.807) is 24.3 Å². The highest BCUT2D eigenvalue weighted by atomic mass is 35.5. The first-order valence-electron chi connectivity index (χ1n) is 7.77. The van der Waals surface area contributed by atoms with Crippen LogP contribution in [0.25, 0.3) is 0 Å². The number of carbonyl (C=O) groups excluding carboxylic acids is 1. The van der Waals surface area contributed by atoms with Crippen molar-refractivity contribution < 1.29 is 19.0 Å². The predicted octanol–water partition coefficient (Wildman–Crippen LogP) is 4.38. The van der Waals surface area contributed by atoms with Crippen molar-refractivity contribution in [3.05, 3.63) is 45.9 Å². The zero-order valence-electron chi connectivity index (χ0n) is 14.7. The van der Waals surface area contributed by atoms with E-state index in [9.17, 15) is 4.79 Å². The lowest BCUT2D eigenvalue weighted by atomic mass is 10.1. The maximum Gasteiger partial charge on any atom is 0.319 e. The molecule has 0 aliphatic rings. The number of anilines is 1. The van der Waals surface area contributed by atoms with Crippen molar-refractivity contribution in [2.45, 2.75) is 6.42 Å². The summed E-state index contributed by atoms with van der Waals surface area (Å²) in [5.74, 6) is 1.37. The van der Waals surface area contributed by atoms with Crippen LogP contribution in [0.5, 0.6) is 17.2 Å². The Morgan fingerprint density at radius 2 is 1.62 bits per heavy atom. The van der Waals surface area contributed by atoms with Gasteiger partial charge in [-0.2, -0.15) is 0 Å². The van der Waals surface area contributed by atoms with E-state index in [1.165, 1.54) is 21.3 Å². The third kappa shape index (κ3) is 5.09. The van der Waals surface area contributed by atoms with Crippen molar-refractivity contribution in [2.75, 3.05) is 33.2 Å². The summed E-state index contributed by atoms with van der Waals surface area (Å²) in [5, 5.41) is 6.51. The molecule has 0 saturated heterocycles. The molecule has 2 N–H and O–H groups in total. The normalized spacial score (nSPS) is 10.2. The van der Waals surface area contributed by atoms with E-state index < -0.39 is 0 Å². The summed E-state index contributed by atoms with van der Waals surface area (Å²) in [5.41, 5.74) is 1.50. The van der Waals surface area contributed by atoms with Crippen LogP contribution in [0.3, 0.4) is 0 Å². The first-order chi connectivity index (χ1) is 12.5. The van der Waals surface area contributed by atoms with E-state index in [4.69, 9.17) is 37.4 Å². The summed E-state index contributed by atoms with van der Waals surface area (Å²) in [6, 6.07) is 8.34. The second-order valence-corrected chi connectivity index (χ2v) is 6.11. The lowest BCUT2D eigenvalue weighted by molar-refractivity contribution is 0.252. The molecule has 0 fully saturated rings. The van der Waals surface area contributed by atoms with Crippen molar-refractivity contribution in [3.8, 4) is 17.2 Å². The van der Waals surface area contributed by atoms with E-state index in [0.29, 0.717) is 45.9 Å². The van der Waals surface area contributed by atoms with Crippen LogP contribution in [-0.4, -0.2) is 33.9 Å². The Morgan fingerprint density at radius 3 is 2.15 bits per heavy atom. The molecule has 0 bridgehead atoms. The monoisotopic (exact) mass is 398 g/mol. The van der Waals surface area contributed by atoms with Crippen molar-refractivity contribution in [2.24, 2.45) is 0 Å². The summed E-state index contributed by atoms with van der Waals surface area (Å²) >= 11 is 11.9. The molecule has 0 heterocycles. The van der Waals surface area contributed by atoms with Gasteiger partial charge in [0.15, 0.2) is 11.5 Å². The van der Waals surface area contributed by atoms with Gasteiger partial charge in [0.25, 0.3) is 0 Å². The quantitative estimate of drug-likeness (QED) is 0.725. The number of benzene rings is 2. The molecule has 0 aromatic heterocycles. The Bertz CT molecular complexity index is 759. The summed E-state index contributed by atoms with van der Waals surface area (Å²) < 4.78 is 15.8. The molecular weight excluding hydrogens is 379 g/mol. The van der Waals surface area contributed by atoms with E-state index in [2.05, 4.69) is 10.6 Å². The zero-order chi connectivity index (χ0) is 19.1. The number of rotatable bonds is 7. The van der Waals surface area contributed by atoms with Crippen LogP contribution in [0.4, 0.5) is 10.5 Å². The van der Waals surface area contributed by atoms with Gasteiger partial charge in [-0.3, -0.25) is 0 Å². The van der Waals surface area contributed by atoms with Crippen LogP contribution in [-0.2, 0) is 6.42 Å². The summed E-state index contributed by atoms with van der Waals surface area (Å²) in [4.78, 5) is 12.1. The smallest absolute Gasteiger partial charge is 0.319 e. The van der Waals surface area contributed by atoms with Gasteiger partial charge in [-0.05, 0) is 24.1 Å².